The third-order valence-corrected chi connectivity index (χ3v) is 4.26. The zero-order valence-corrected chi connectivity index (χ0v) is 13.4. The fraction of sp³-hybridized carbons (Fsp3) is 0.588. The molecule has 0 saturated carbocycles. The molecule has 4 heteroatoms. The molecule has 0 spiro atoms. The van der Waals surface area contributed by atoms with E-state index >= 15 is 0 Å². The van der Waals surface area contributed by atoms with Gasteiger partial charge in [-0.1, -0.05) is 19.9 Å². The number of aryl methyl sites for hydroxylation is 1. The molecule has 0 aromatic heterocycles. The van der Waals surface area contributed by atoms with Gasteiger partial charge in [-0.25, -0.2) is 0 Å². The van der Waals surface area contributed by atoms with E-state index in [0.29, 0.717) is 6.61 Å². The Balaban J connectivity index is 2.31. The number of fused-ring (bicyclic) bond motifs is 1. The van der Waals surface area contributed by atoms with Gasteiger partial charge in [0.15, 0.2) is 0 Å². The Morgan fingerprint density at radius 2 is 2.19 bits per heavy atom. The van der Waals surface area contributed by atoms with Gasteiger partial charge in [0.05, 0.1) is 12.6 Å². The Labute approximate surface area is 127 Å². The lowest BCUT2D eigenvalue weighted by molar-refractivity contribution is -0.125. The van der Waals surface area contributed by atoms with Crippen molar-refractivity contribution in [3.63, 3.8) is 0 Å². The van der Waals surface area contributed by atoms with E-state index in [1.54, 1.807) is 0 Å². The first kappa shape index (κ1) is 15.8. The van der Waals surface area contributed by atoms with E-state index in [-0.39, 0.29) is 23.9 Å². The Bertz CT molecular complexity index is 526. The minimum atomic E-state index is -0.0261. The highest BCUT2D eigenvalue weighted by molar-refractivity contribution is 5.78. The molecule has 1 aromatic rings. The van der Waals surface area contributed by atoms with Crippen LogP contribution in [0.3, 0.4) is 0 Å². The van der Waals surface area contributed by atoms with Crippen LogP contribution in [-0.4, -0.2) is 12.5 Å². The van der Waals surface area contributed by atoms with Crippen LogP contribution in [0.4, 0.5) is 0 Å². The second-order valence-corrected chi connectivity index (χ2v) is 6.05. The number of hydrogen-bond acceptors (Lipinski definition) is 3. The van der Waals surface area contributed by atoms with Gasteiger partial charge in [0.2, 0.25) is 5.91 Å². The van der Waals surface area contributed by atoms with Crippen molar-refractivity contribution < 1.29 is 9.53 Å². The summed E-state index contributed by atoms with van der Waals surface area (Å²) in [6.07, 6.45) is 1.65. The molecule has 0 saturated heterocycles. The second-order valence-electron chi connectivity index (χ2n) is 6.05. The molecule has 3 N–H and O–H groups in total. The molecule has 0 radical (unpaired) electrons. The Morgan fingerprint density at radius 3 is 2.81 bits per heavy atom. The van der Waals surface area contributed by atoms with Gasteiger partial charge in [-0.3, -0.25) is 4.79 Å². The van der Waals surface area contributed by atoms with E-state index < -0.39 is 0 Å². The van der Waals surface area contributed by atoms with E-state index in [4.69, 9.17) is 10.5 Å². The van der Waals surface area contributed by atoms with E-state index in [2.05, 4.69) is 17.4 Å². The van der Waals surface area contributed by atoms with E-state index in [1.165, 1.54) is 0 Å². The fourth-order valence-corrected chi connectivity index (χ4v) is 2.63. The largest absolute Gasteiger partial charge is 0.493 e. The van der Waals surface area contributed by atoms with Gasteiger partial charge in [0.1, 0.15) is 5.75 Å². The van der Waals surface area contributed by atoms with Crippen molar-refractivity contribution in [3.8, 4) is 5.75 Å². The quantitative estimate of drug-likeness (QED) is 0.896. The van der Waals surface area contributed by atoms with Crippen molar-refractivity contribution in [3.05, 3.63) is 28.8 Å². The molecule has 0 aliphatic carbocycles. The second kappa shape index (κ2) is 6.48. The predicted octanol–water partition coefficient (Wildman–Crippen LogP) is 3.00. The number of rotatable bonds is 4. The van der Waals surface area contributed by atoms with Gasteiger partial charge in [-0.2, -0.15) is 0 Å². The maximum absolute atomic E-state index is 12.2. The number of carbonyl (C=O) groups is 1. The number of nitrogens with two attached hydrogens (primary N) is 1. The van der Waals surface area contributed by atoms with Crippen molar-refractivity contribution in [2.75, 3.05) is 6.61 Å². The molecule has 3 unspecified atom stereocenters. The van der Waals surface area contributed by atoms with Gasteiger partial charge < -0.3 is 15.8 Å². The van der Waals surface area contributed by atoms with Crippen LogP contribution in [0.5, 0.6) is 5.75 Å². The van der Waals surface area contributed by atoms with Gasteiger partial charge in [0, 0.05) is 23.9 Å². The summed E-state index contributed by atoms with van der Waals surface area (Å²) < 4.78 is 5.80. The van der Waals surface area contributed by atoms with Crippen LogP contribution >= 0.6 is 0 Å². The number of ether oxygens (including phenoxy) is 1. The molecule has 1 aliphatic rings. The number of benzene rings is 1. The molecule has 0 bridgehead atoms. The van der Waals surface area contributed by atoms with E-state index in [0.717, 1.165) is 35.3 Å². The summed E-state index contributed by atoms with van der Waals surface area (Å²) in [5.74, 6) is 1.05. The molecule has 0 fully saturated rings. The zero-order valence-electron chi connectivity index (χ0n) is 13.4. The summed E-state index contributed by atoms with van der Waals surface area (Å²) in [7, 11) is 0. The summed E-state index contributed by atoms with van der Waals surface area (Å²) in [6.45, 7) is 8.62. The van der Waals surface area contributed by atoms with Crippen molar-refractivity contribution in [2.24, 2.45) is 11.7 Å². The smallest absolute Gasteiger partial charge is 0.223 e. The van der Waals surface area contributed by atoms with Crippen LogP contribution in [0.25, 0.3) is 0 Å². The number of nitrogens with one attached hydrogen (secondary N) is 1. The van der Waals surface area contributed by atoms with Crippen molar-refractivity contribution in [2.45, 2.75) is 52.6 Å². The SMILES string of the molecule is CCC(C)C(=O)NC1CCOc2c(C)cc(C(C)N)cc21. The number of amides is 1. The van der Waals surface area contributed by atoms with Gasteiger partial charge in [0.25, 0.3) is 0 Å². The first-order valence-electron chi connectivity index (χ1n) is 7.77. The fourth-order valence-electron chi connectivity index (χ4n) is 2.63. The van der Waals surface area contributed by atoms with Gasteiger partial charge in [-0.05, 0) is 37.5 Å². The van der Waals surface area contributed by atoms with Gasteiger partial charge in [-0.15, -0.1) is 0 Å². The maximum Gasteiger partial charge on any atom is 0.223 e. The first-order chi connectivity index (χ1) is 9.93. The van der Waals surface area contributed by atoms with Crippen molar-refractivity contribution in [1.29, 1.82) is 0 Å². The normalized spacial score (nSPS) is 20.1. The minimum absolute atomic E-state index is 0.0210. The molecule has 21 heavy (non-hydrogen) atoms. The third-order valence-electron chi connectivity index (χ3n) is 4.26. The average Bonchev–Trinajstić information content (AvgIpc) is 2.46. The zero-order chi connectivity index (χ0) is 15.6. The highest BCUT2D eigenvalue weighted by Gasteiger charge is 2.26. The van der Waals surface area contributed by atoms with Crippen LogP contribution in [0, 0.1) is 12.8 Å². The van der Waals surface area contributed by atoms with Crippen molar-refractivity contribution >= 4 is 5.91 Å². The van der Waals surface area contributed by atoms with Crippen LogP contribution in [0.15, 0.2) is 12.1 Å². The molecule has 3 atom stereocenters. The summed E-state index contributed by atoms with van der Waals surface area (Å²) in [6, 6.07) is 4.14. The molecule has 116 valence electrons. The lowest BCUT2D eigenvalue weighted by Crippen LogP contribution is -2.35. The monoisotopic (exact) mass is 290 g/mol. The molecule has 4 nitrogen and oxygen atoms in total. The maximum atomic E-state index is 12.2. The molecule has 1 amide bonds. The highest BCUT2D eigenvalue weighted by atomic mass is 16.5. The van der Waals surface area contributed by atoms with Gasteiger partial charge >= 0.3 is 0 Å². The molecular formula is C17H26N2O2. The van der Waals surface area contributed by atoms with E-state index in [9.17, 15) is 4.79 Å². The number of carbonyl (C=O) groups excluding carboxylic acids is 1. The number of hydrogen-bond donors (Lipinski definition) is 2. The molecule has 2 rings (SSSR count). The average molecular weight is 290 g/mol. The van der Waals surface area contributed by atoms with Crippen LogP contribution in [0.1, 0.15) is 62.4 Å². The molecule has 1 aliphatic heterocycles. The summed E-state index contributed by atoms with van der Waals surface area (Å²) in [5, 5.41) is 3.16. The summed E-state index contributed by atoms with van der Waals surface area (Å²) in [4.78, 5) is 12.2. The van der Waals surface area contributed by atoms with E-state index in [1.807, 2.05) is 27.7 Å². The Kier molecular flexibility index (Phi) is 4.88. The predicted molar refractivity (Wildman–Crippen MR) is 84.2 cm³/mol. The Morgan fingerprint density at radius 1 is 1.48 bits per heavy atom. The minimum Gasteiger partial charge on any atom is -0.493 e. The Hall–Kier alpha value is -1.55. The standard InChI is InChI=1S/C17H26N2O2/c1-5-10(2)17(20)19-15-6-7-21-16-11(3)8-13(12(4)18)9-14(15)16/h8-10,12,15H,5-7,18H2,1-4H3,(H,19,20). The highest BCUT2D eigenvalue weighted by Crippen LogP contribution is 2.37. The van der Waals surface area contributed by atoms with Crippen LogP contribution in [-0.2, 0) is 4.79 Å². The topological polar surface area (TPSA) is 64.3 Å². The molecular weight excluding hydrogens is 264 g/mol. The van der Waals surface area contributed by atoms with Crippen LogP contribution < -0.4 is 15.8 Å². The lowest BCUT2D eigenvalue weighted by Gasteiger charge is -2.29. The van der Waals surface area contributed by atoms with Crippen molar-refractivity contribution in [1.82, 2.24) is 5.32 Å². The molecule has 1 heterocycles. The summed E-state index contributed by atoms with van der Waals surface area (Å²) >= 11 is 0. The third kappa shape index (κ3) is 3.38. The van der Waals surface area contributed by atoms with Crippen LogP contribution in [0.2, 0.25) is 0 Å². The molecule has 1 aromatic carbocycles. The summed E-state index contributed by atoms with van der Waals surface area (Å²) in [5.41, 5.74) is 9.23. The lowest BCUT2D eigenvalue weighted by atomic mass is 9.93. The first-order valence-corrected chi connectivity index (χ1v) is 7.77.